The highest BCUT2D eigenvalue weighted by molar-refractivity contribution is 9.10. The fourth-order valence-electron chi connectivity index (χ4n) is 3.44. The van der Waals surface area contributed by atoms with E-state index in [0.29, 0.717) is 31.5 Å². The molecule has 0 aliphatic carbocycles. The van der Waals surface area contributed by atoms with Gasteiger partial charge in [-0.25, -0.2) is 8.42 Å². The number of sulfone groups is 1. The lowest BCUT2D eigenvalue weighted by atomic mass is 10.0. The summed E-state index contributed by atoms with van der Waals surface area (Å²) in [6.45, 7) is 3.66. The maximum atomic E-state index is 13.1. The Bertz CT molecular complexity index is 1040. The maximum absolute atomic E-state index is 13.1. The molecule has 2 aromatic rings. The Hall–Kier alpha value is -2.20. The number of amides is 2. The van der Waals surface area contributed by atoms with Gasteiger partial charge in [0.2, 0.25) is 5.91 Å². The third-order valence-electron chi connectivity index (χ3n) is 5.40. The van der Waals surface area contributed by atoms with Crippen molar-refractivity contribution in [1.29, 1.82) is 0 Å². The molecular weight excluding hydrogens is 472 g/mol. The molecule has 8 nitrogen and oxygen atoms in total. The van der Waals surface area contributed by atoms with Crippen LogP contribution in [0.4, 0.5) is 0 Å². The van der Waals surface area contributed by atoms with Crippen molar-refractivity contribution < 1.29 is 18.0 Å². The fourth-order valence-corrected chi connectivity index (χ4v) is 5.15. The third kappa shape index (κ3) is 4.44. The van der Waals surface area contributed by atoms with Crippen LogP contribution in [0.15, 0.2) is 46.0 Å². The first kappa shape index (κ1) is 22.5. The van der Waals surface area contributed by atoms with Crippen LogP contribution in [-0.4, -0.2) is 58.8 Å². The number of benzene rings is 1. The van der Waals surface area contributed by atoms with Crippen LogP contribution in [0, 0.1) is 0 Å². The van der Waals surface area contributed by atoms with Crippen molar-refractivity contribution in [1.82, 2.24) is 20.0 Å². The molecule has 2 amide bonds. The molecule has 2 heterocycles. The Balaban J connectivity index is 1.63. The van der Waals surface area contributed by atoms with Crippen LogP contribution in [0.3, 0.4) is 0 Å². The Morgan fingerprint density at radius 2 is 1.77 bits per heavy atom. The van der Waals surface area contributed by atoms with Gasteiger partial charge in [-0.3, -0.25) is 14.3 Å². The number of hydrogen-bond donors (Lipinski definition) is 1. The standard InChI is InChI=1S/C20H25BrN4O4S/c1-20(2,30(28,29)17-6-4-15(21)5-7-17)19(27)25-10-8-16(9-11-25)23-18(26)14-12-22-24(3)13-14/h4-7,12-13,16H,8-11H2,1-3H3,(H,23,26). The summed E-state index contributed by atoms with van der Waals surface area (Å²) in [6, 6.07) is 6.20. The van der Waals surface area contributed by atoms with Gasteiger partial charge >= 0.3 is 0 Å². The van der Waals surface area contributed by atoms with Gasteiger partial charge in [0.1, 0.15) is 4.75 Å². The second-order valence-electron chi connectivity index (χ2n) is 7.91. The number of aryl methyl sites for hydroxylation is 1. The molecular formula is C20H25BrN4O4S. The molecule has 0 radical (unpaired) electrons. The van der Waals surface area contributed by atoms with E-state index in [0.717, 1.165) is 4.47 Å². The molecule has 1 aromatic heterocycles. The zero-order valence-corrected chi connectivity index (χ0v) is 19.5. The van der Waals surface area contributed by atoms with Gasteiger partial charge in [-0.05, 0) is 51.0 Å². The van der Waals surface area contributed by atoms with Gasteiger partial charge in [0.25, 0.3) is 5.91 Å². The van der Waals surface area contributed by atoms with E-state index in [4.69, 9.17) is 0 Å². The second-order valence-corrected chi connectivity index (χ2v) is 11.3. The molecule has 0 unspecified atom stereocenters. The summed E-state index contributed by atoms with van der Waals surface area (Å²) in [6.07, 6.45) is 4.27. The molecule has 3 rings (SSSR count). The predicted octanol–water partition coefficient (Wildman–Crippen LogP) is 2.16. The van der Waals surface area contributed by atoms with Gasteiger partial charge < -0.3 is 10.2 Å². The molecule has 0 atom stereocenters. The molecule has 1 aromatic carbocycles. The summed E-state index contributed by atoms with van der Waals surface area (Å²) in [4.78, 5) is 27.1. The largest absolute Gasteiger partial charge is 0.349 e. The lowest BCUT2D eigenvalue weighted by Gasteiger charge is -2.36. The summed E-state index contributed by atoms with van der Waals surface area (Å²) >= 11 is 3.29. The van der Waals surface area contributed by atoms with Crippen molar-refractivity contribution in [3.8, 4) is 0 Å². The van der Waals surface area contributed by atoms with Gasteiger partial charge in [0.05, 0.1) is 16.7 Å². The van der Waals surface area contributed by atoms with E-state index in [9.17, 15) is 18.0 Å². The minimum absolute atomic E-state index is 0.0760. The lowest BCUT2D eigenvalue weighted by molar-refractivity contribution is -0.134. The van der Waals surface area contributed by atoms with E-state index in [1.807, 2.05) is 0 Å². The highest BCUT2D eigenvalue weighted by atomic mass is 79.9. The van der Waals surface area contributed by atoms with Crippen LogP contribution in [-0.2, 0) is 21.7 Å². The Kier molecular flexibility index (Phi) is 6.37. The van der Waals surface area contributed by atoms with Gasteiger partial charge in [-0.1, -0.05) is 15.9 Å². The Labute approximate surface area is 184 Å². The number of aromatic nitrogens is 2. The van der Waals surface area contributed by atoms with Crippen molar-refractivity contribution in [3.63, 3.8) is 0 Å². The highest BCUT2D eigenvalue weighted by Crippen LogP contribution is 2.29. The van der Waals surface area contributed by atoms with Gasteiger partial charge in [-0.15, -0.1) is 0 Å². The molecule has 10 heteroatoms. The molecule has 162 valence electrons. The topological polar surface area (TPSA) is 101 Å². The van der Waals surface area contributed by atoms with E-state index in [1.54, 1.807) is 35.0 Å². The molecule has 1 aliphatic heterocycles. The van der Waals surface area contributed by atoms with E-state index >= 15 is 0 Å². The minimum atomic E-state index is -3.86. The molecule has 0 saturated carbocycles. The van der Waals surface area contributed by atoms with Gasteiger partial charge in [-0.2, -0.15) is 5.10 Å². The van der Waals surface area contributed by atoms with E-state index in [1.165, 1.54) is 32.2 Å². The first-order valence-electron chi connectivity index (χ1n) is 9.61. The number of carbonyl (C=O) groups is 2. The number of hydrogen-bond acceptors (Lipinski definition) is 5. The molecule has 1 aliphatic rings. The van der Waals surface area contributed by atoms with E-state index in [-0.39, 0.29) is 16.8 Å². The van der Waals surface area contributed by atoms with Crippen molar-refractivity contribution in [2.45, 2.75) is 42.4 Å². The van der Waals surface area contributed by atoms with Gasteiger partial charge in [0.15, 0.2) is 9.84 Å². The lowest BCUT2D eigenvalue weighted by Crippen LogP contribution is -2.54. The van der Waals surface area contributed by atoms with Crippen molar-refractivity contribution in [2.75, 3.05) is 13.1 Å². The first-order valence-corrected chi connectivity index (χ1v) is 11.9. The fraction of sp³-hybridized carbons (Fsp3) is 0.450. The SMILES string of the molecule is Cn1cc(C(=O)NC2CCN(C(=O)C(C)(C)S(=O)(=O)c3ccc(Br)cc3)CC2)cn1. The smallest absolute Gasteiger partial charge is 0.254 e. The molecule has 0 spiro atoms. The number of rotatable bonds is 5. The van der Waals surface area contributed by atoms with E-state index in [2.05, 4.69) is 26.3 Å². The summed E-state index contributed by atoms with van der Waals surface area (Å²) in [5.74, 6) is -0.631. The number of nitrogens with zero attached hydrogens (tertiary/aromatic N) is 3. The molecule has 30 heavy (non-hydrogen) atoms. The molecule has 1 N–H and O–H groups in total. The summed E-state index contributed by atoms with van der Waals surface area (Å²) in [5, 5.41) is 6.94. The quantitative estimate of drug-likeness (QED) is 0.683. The summed E-state index contributed by atoms with van der Waals surface area (Å²) in [7, 11) is -2.12. The minimum Gasteiger partial charge on any atom is -0.349 e. The van der Waals surface area contributed by atoms with Crippen molar-refractivity contribution in [3.05, 3.63) is 46.7 Å². The predicted molar refractivity (Wildman–Crippen MR) is 116 cm³/mol. The van der Waals surface area contributed by atoms with Crippen LogP contribution in [0.25, 0.3) is 0 Å². The van der Waals surface area contributed by atoms with Crippen molar-refractivity contribution in [2.24, 2.45) is 7.05 Å². The average molecular weight is 497 g/mol. The number of nitrogens with one attached hydrogen (secondary N) is 1. The zero-order valence-electron chi connectivity index (χ0n) is 17.1. The molecule has 1 saturated heterocycles. The number of piperidine rings is 1. The normalized spacial score (nSPS) is 15.8. The Morgan fingerprint density at radius 3 is 2.30 bits per heavy atom. The van der Waals surface area contributed by atoms with Crippen LogP contribution < -0.4 is 5.32 Å². The van der Waals surface area contributed by atoms with Crippen LogP contribution in [0.2, 0.25) is 0 Å². The zero-order chi connectivity index (χ0) is 22.1. The van der Waals surface area contributed by atoms with Crippen LogP contribution in [0.1, 0.15) is 37.0 Å². The highest BCUT2D eigenvalue weighted by Gasteiger charge is 2.45. The number of carbonyl (C=O) groups excluding carboxylic acids is 2. The number of likely N-dealkylation sites (tertiary alicyclic amines) is 1. The first-order chi connectivity index (χ1) is 14.0. The Morgan fingerprint density at radius 1 is 1.17 bits per heavy atom. The van der Waals surface area contributed by atoms with Crippen LogP contribution in [0.5, 0.6) is 0 Å². The summed E-state index contributed by atoms with van der Waals surface area (Å²) in [5.41, 5.74) is 0.484. The third-order valence-corrected chi connectivity index (χ3v) is 8.33. The average Bonchev–Trinajstić information content (AvgIpc) is 3.14. The number of halogens is 1. The van der Waals surface area contributed by atoms with Crippen LogP contribution >= 0.6 is 15.9 Å². The molecule has 1 fully saturated rings. The van der Waals surface area contributed by atoms with Crippen molar-refractivity contribution >= 4 is 37.6 Å². The second kappa shape index (κ2) is 8.50. The molecule has 0 bridgehead atoms. The summed E-state index contributed by atoms with van der Waals surface area (Å²) < 4.78 is 26.9. The van der Waals surface area contributed by atoms with E-state index < -0.39 is 20.5 Å². The van der Waals surface area contributed by atoms with Gasteiger partial charge in [0, 0.05) is 36.8 Å². The monoisotopic (exact) mass is 496 g/mol. The maximum Gasteiger partial charge on any atom is 0.254 e.